The molecule has 19 heavy (non-hydrogen) atoms. The summed E-state index contributed by atoms with van der Waals surface area (Å²) in [5.74, 6) is -4.37. The van der Waals surface area contributed by atoms with Crippen LogP contribution in [-0.4, -0.2) is 24.3 Å². The quantitative estimate of drug-likeness (QED) is 0.564. The van der Waals surface area contributed by atoms with Crippen LogP contribution in [0.3, 0.4) is 0 Å². The maximum absolute atomic E-state index is 13.0. The van der Waals surface area contributed by atoms with Gasteiger partial charge in [-0.1, -0.05) is 6.08 Å². The van der Waals surface area contributed by atoms with E-state index in [1.54, 1.807) is 0 Å². The Kier molecular flexibility index (Phi) is 5.37. The predicted octanol–water partition coefficient (Wildman–Crippen LogP) is 1.62. The van der Waals surface area contributed by atoms with Crippen molar-refractivity contribution in [2.75, 3.05) is 13.2 Å². The lowest BCUT2D eigenvalue weighted by molar-refractivity contribution is 0.217. The molecule has 1 atom stereocenters. The summed E-state index contributed by atoms with van der Waals surface area (Å²) < 4.78 is 38.9. The van der Waals surface area contributed by atoms with Crippen molar-refractivity contribution in [1.82, 2.24) is 10.6 Å². The third-order valence-electron chi connectivity index (χ3n) is 2.30. The van der Waals surface area contributed by atoms with Gasteiger partial charge in [-0.2, -0.15) is 0 Å². The third kappa shape index (κ3) is 3.99. The molecule has 1 rings (SSSR count). The van der Waals surface area contributed by atoms with Gasteiger partial charge in [-0.3, -0.25) is 0 Å². The van der Waals surface area contributed by atoms with E-state index >= 15 is 0 Å². The molecule has 0 heterocycles. The van der Waals surface area contributed by atoms with Gasteiger partial charge in [-0.25, -0.2) is 18.0 Å². The number of halogens is 3. The summed E-state index contributed by atoms with van der Waals surface area (Å²) in [5.41, 5.74) is -0.0762. The highest BCUT2D eigenvalue weighted by Gasteiger charge is 2.18. The van der Waals surface area contributed by atoms with Crippen LogP contribution in [0.1, 0.15) is 11.6 Å². The second-order valence-corrected chi connectivity index (χ2v) is 3.68. The van der Waals surface area contributed by atoms with Crippen LogP contribution in [0.4, 0.5) is 18.0 Å². The number of rotatable bonds is 5. The summed E-state index contributed by atoms with van der Waals surface area (Å²) in [4.78, 5) is 11.3. The summed E-state index contributed by atoms with van der Waals surface area (Å²) in [6.07, 6.45) is 1.44. The largest absolute Gasteiger partial charge is 0.394 e. The number of carbonyl (C=O) groups excluding carboxylic acids is 1. The van der Waals surface area contributed by atoms with Crippen LogP contribution in [0.15, 0.2) is 24.8 Å². The van der Waals surface area contributed by atoms with Crippen molar-refractivity contribution >= 4 is 6.03 Å². The maximum atomic E-state index is 13.0. The Morgan fingerprint density at radius 2 is 1.95 bits per heavy atom. The molecule has 4 nitrogen and oxygen atoms in total. The lowest BCUT2D eigenvalue weighted by Gasteiger charge is -2.17. The summed E-state index contributed by atoms with van der Waals surface area (Å²) >= 11 is 0. The molecule has 0 aliphatic carbocycles. The molecule has 0 saturated heterocycles. The monoisotopic (exact) mass is 274 g/mol. The molecule has 1 aromatic carbocycles. The first kappa shape index (κ1) is 15.0. The van der Waals surface area contributed by atoms with E-state index in [1.807, 2.05) is 0 Å². The number of aliphatic hydroxyl groups excluding tert-OH is 1. The number of hydrogen-bond donors (Lipinski definition) is 3. The average Bonchev–Trinajstić information content (AvgIpc) is 2.39. The highest BCUT2D eigenvalue weighted by molar-refractivity contribution is 5.74. The van der Waals surface area contributed by atoms with Crippen LogP contribution in [0, 0.1) is 17.5 Å². The van der Waals surface area contributed by atoms with E-state index in [2.05, 4.69) is 17.2 Å². The number of nitrogens with one attached hydrogen (secondary N) is 2. The van der Waals surface area contributed by atoms with Gasteiger partial charge in [0.2, 0.25) is 0 Å². The van der Waals surface area contributed by atoms with Gasteiger partial charge in [-0.15, -0.1) is 6.58 Å². The summed E-state index contributed by atoms with van der Waals surface area (Å²) in [7, 11) is 0. The van der Waals surface area contributed by atoms with Gasteiger partial charge in [0.25, 0.3) is 0 Å². The Hall–Kier alpha value is -2.02. The van der Waals surface area contributed by atoms with E-state index in [1.165, 1.54) is 6.08 Å². The van der Waals surface area contributed by atoms with Crippen molar-refractivity contribution in [3.05, 3.63) is 47.8 Å². The summed E-state index contributed by atoms with van der Waals surface area (Å²) in [6, 6.07) is -0.265. The number of carbonyl (C=O) groups is 1. The second kappa shape index (κ2) is 6.79. The molecule has 3 N–H and O–H groups in total. The van der Waals surface area contributed by atoms with Crippen LogP contribution in [0.2, 0.25) is 0 Å². The van der Waals surface area contributed by atoms with Gasteiger partial charge in [-0.05, 0) is 17.7 Å². The Balaban J connectivity index is 2.85. The first-order valence-electron chi connectivity index (χ1n) is 5.40. The molecule has 2 amide bonds. The van der Waals surface area contributed by atoms with Gasteiger partial charge in [0, 0.05) is 6.54 Å². The van der Waals surface area contributed by atoms with Crippen LogP contribution in [0.5, 0.6) is 0 Å². The fourth-order valence-corrected chi connectivity index (χ4v) is 1.38. The Morgan fingerprint density at radius 3 is 2.42 bits per heavy atom. The van der Waals surface area contributed by atoms with E-state index in [4.69, 9.17) is 5.11 Å². The minimum atomic E-state index is -1.60. The minimum Gasteiger partial charge on any atom is -0.394 e. The lowest BCUT2D eigenvalue weighted by atomic mass is 10.1. The molecule has 0 fully saturated rings. The van der Waals surface area contributed by atoms with E-state index in [0.717, 1.165) is 0 Å². The molecule has 0 aliphatic rings. The standard InChI is InChI=1S/C12H13F3N2O2/c1-2-3-16-12(19)17-10(6-18)7-4-8(13)11(15)9(14)5-7/h2,4-5,10,18H,1,3,6H2,(H2,16,17,19). The third-order valence-corrected chi connectivity index (χ3v) is 2.30. The molecule has 0 aromatic heterocycles. The topological polar surface area (TPSA) is 61.4 Å². The Morgan fingerprint density at radius 1 is 1.37 bits per heavy atom. The molecular weight excluding hydrogens is 261 g/mol. The van der Waals surface area contributed by atoms with Gasteiger partial charge >= 0.3 is 6.03 Å². The molecule has 7 heteroatoms. The molecule has 0 saturated carbocycles. The number of urea groups is 1. The summed E-state index contributed by atoms with van der Waals surface area (Å²) in [6.45, 7) is 2.99. The molecule has 104 valence electrons. The molecule has 0 bridgehead atoms. The fraction of sp³-hybridized carbons (Fsp3) is 0.250. The molecule has 1 aromatic rings. The van der Waals surface area contributed by atoms with E-state index in [0.29, 0.717) is 12.1 Å². The highest BCUT2D eigenvalue weighted by atomic mass is 19.2. The fourth-order valence-electron chi connectivity index (χ4n) is 1.38. The highest BCUT2D eigenvalue weighted by Crippen LogP contribution is 2.19. The zero-order valence-corrected chi connectivity index (χ0v) is 9.92. The molecule has 0 aliphatic heterocycles. The Bertz CT molecular complexity index is 457. The number of amides is 2. The zero-order valence-electron chi connectivity index (χ0n) is 9.92. The van der Waals surface area contributed by atoms with Crippen molar-refractivity contribution < 1.29 is 23.1 Å². The maximum Gasteiger partial charge on any atom is 0.315 e. The molecular formula is C12H13F3N2O2. The van der Waals surface area contributed by atoms with Crippen molar-refractivity contribution in [1.29, 1.82) is 0 Å². The van der Waals surface area contributed by atoms with Gasteiger partial charge in [0.05, 0.1) is 12.6 Å². The smallest absolute Gasteiger partial charge is 0.315 e. The van der Waals surface area contributed by atoms with Crippen LogP contribution < -0.4 is 10.6 Å². The van der Waals surface area contributed by atoms with Gasteiger partial charge in [0.1, 0.15) is 0 Å². The van der Waals surface area contributed by atoms with Crippen molar-refractivity contribution in [3.63, 3.8) is 0 Å². The van der Waals surface area contributed by atoms with Crippen LogP contribution in [0.25, 0.3) is 0 Å². The number of benzene rings is 1. The number of hydrogen-bond acceptors (Lipinski definition) is 2. The Labute approximate surface area is 107 Å². The molecule has 0 spiro atoms. The predicted molar refractivity (Wildman–Crippen MR) is 62.9 cm³/mol. The van der Waals surface area contributed by atoms with Crippen molar-refractivity contribution in [2.45, 2.75) is 6.04 Å². The first-order valence-corrected chi connectivity index (χ1v) is 5.40. The van der Waals surface area contributed by atoms with Crippen molar-refractivity contribution in [3.8, 4) is 0 Å². The number of aliphatic hydroxyl groups is 1. The minimum absolute atomic E-state index is 0.0762. The van der Waals surface area contributed by atoms with Gasteiger partial charge < -0.3 is 15.7 Å². The first-order chi connectivity index (χ1) is 8.99. The van der Waals surface area contributed by atoms with Gasteiger partial charge in [0.15, 0.2) is 17.5 Å². The van der Waals surface area contributed by atoms with E-state index in [9.17, 15) is 18.0 Å². The lowest BCUT2D eigenvalue weighted by Crippen LogP contribution is -2.39. The SMILES string of the molecule is C=CCNC(=O)NC(CO)c1cc(F)c(F)c(F)c1. The van der Waals surface area contributed by atoms with Crippen LogP contribution >= 0.6 is 0 Å². The zero-order chi connectivity index (χ0) is 14.4. The molecule has 0 radical (unpaired) electrons. The normalized spacial score (nSPS) is 11.8. The van der Waals surface area contributed by atoms with E-state index < -0.39 is 36.1 Å². The second-order valence-electron chi connectivity index (χ2n) is 3.68. The molecule has 1 unspecified atom stereocenters. The van der Waals surface area contributed by atoms with E-state index in [-0.39, 0.29) is 12.1 Å². The summed E-state index contributed by atoms with van der Waals surface area (Å²) in [5, 5.41) is 13.8. The van der Waals surface area contributed by atoms with Crippen LogP contribution in [-0.2, 0) is 0 Å². The van der Waals surface area contributed by atoms with Crippen molar-refractivity contribution in [2.24, 2.45) is 0 Å². The average molecular weight is 274 g/mol.